The Morgan fingerprint density at radius 3 is 2.09 bits per heavy atom. The number of ether oxygens (including phenoxy) is 5. The molecule has 1 aliphatic rings. The van der Waals surface area contributed by atoms with Crippen molar-refractivity contribution in [3.05, 3.63) is 101 Å². The third-order valence-corrected chi connectivity index (χ3v) is 7.90. The van der Waals surface area contributed by atoms with Gasteiger partial charge in [0, 0.05) is 5.39 Å². The van der Waals surface area contributed by atoms with E-state index >= 15 is 0 Å². The number of aryl methyl sites for hydroxylation is 1. The van der Waals surface area contributed by atoms with E-state index in [1.807, 2.05) is 0 Å². The molecule has 6 aromatic rings. The average Bonchev–Trinajstić information content (AvgIpc) is 3.92. The quantitative estimate of drug-likeness (QED) is 0.140. The Kier molecular flexibility index (Phi) is 7.87. The molecule has 4 atom stereocenters. The first kappa shape index (κ1) is 30.1. The first-order valence-electron chi connectivity index (χ1n) is 14.2. The van der Waals surface area contributed by atoms with Gasteiger partial charge in [-0.1, -0.05) is 11.6 Å². The number of esters is 3. The molecule has 0 spiro atoms. The lowest BCUT2D eigenvalue weighted by molar-refractivity contribution is -0.0663. The molecule has 0 N–H and O–H groups in total. The van der Waals surface area contributed by atoms with Crippen LogP contribution >= 0.6 is 11.6 Å². The highest BCUT2D eigenvalue weighted by atomic mass is 35.5. The van der Waals surface area contributed by atoms with Crippen molar-refractivity contribution in [1.29, 1.82) is 0 Å². The van der Waals surface area contributed by atoms with Crippen LogP contribution in [0.15, 0.2) is 86.6 Å². The molecular formula is C32H24ClN3O11. The van der Waals surface area contributed by atoms with Crippen molar-refractivity contribution in [2.75, 3.05) is 13.7 Å². The van der Waals surface area contributed by atoms with Crippen molar-refractivity contribution in [2.45, 2.75) is 31.5 Å². The molecule has 240 valence electrons. The Labute approximate surface area is 269 Å². The summed E-state index contributed by atoms with van der Waals surface area (Å²) in [5.41, 5.74) is 1.30. The molecule has 0 bridgehead atoms. The van der Waals surface area contributed by atoms with E-state index in [1.165, 1.54) is 59.9 Å². The number of aromatic nitrogens is 3. The number of fused-ring (bicyclic) bond motifs is 2. The van der Waals surface area contributed by atoms with Crippen LogP contribution in [0.2, 0.25) is 5.02 Å². The number of benzene rings is 1. The summed E-state index contributed by atoms with van der Waals surface area (Å²) >= 11 is 6.90. The molecule has 0 aliphatic carbocycles. The van der Waals surface area contributed by atoms with Gasteiger partial charge in [0.2, 0.25) is 17.3 Å². The Morgan fingerprint density at radius 2 is 1.49 bits per heavy atom. The summed E-state index contributed by atoms with van der Waals surface area (Å²) in [4.78, 5) is 43.9. The molecule has 5 aromatic heterocycles. The number of halogens is 1. The van der Waals surface area contributed by atoms with Gasteiger partial charge in [0.15, 0.2) is 24.1 Å². The van der Waals surface area contributed by atoms with Gasteiger partial charge in [-0.05, 0) is 61.5 Å². The zero-order valence-electron chi connectivity index (χ0n) is 24.7. The molecule has 1 aliphatic heterocycles. The summed E-state index contributed by atoms with van der Waals surface area (Å²) in [5, 5.41) is 6.16. The predicted octanol–water partition coefficient (Wildman–Crippen LogP) is 5.54. The number of nitrogens with zero attached hydrogens (tertiary/aromatic N) is 3. The zero-order chi connectivity index (χ0) is 32.7. The maximum absolute atomic E-state index is 13.3. The van der Waals surface area contributed by atoms with Crippen LogP contribution in [0, 0.1) is 6.92 Å². The Bertz CT molecular complexity index is 2070. The van der Waals surface area contributed by atoms with Crippen molar-refractivity contribution >= 4 is 51.4 Å². The van der Waals surface area contributed by atoms with Crippen molar-refractivity contribution < 1.29 is 51.3 Å². The van der Waals surface area contributed by atoms with Crippen molar-refractivity contribution in [1.82, 2.24) is 14.8 Å². The van der Waals surface area contributed by atoms with E-state index in [4.69, 9.17) is 53.5 Å². The Balaban J connectivity index is 1.32. The summed E-state index contributed by atoms with van der Waals surface area (Å²) in [6, 6.07) is 14.0. The Morgan fingerprint density at radius 1 is 0.872 bits per heavy atom. The molecule has 47 heavy (non-hydrogen) atoms. The number of carbonyl (C=O) groups is 3. The standard InChI is InChI=1S/C32H24ClN3O11/c1-16-24-25(33)18-14-17(40-2)9-10-19(18)34-28(24)36(35-16)29-27(47-32(39)22-8-5-13-43-22)26(46-31(38)21-7-4-12-42-21)23(45-29)15-44-30(37)20-6-3-11-41-20/h3-14,23,26-27,29H,15H2,1-2H3/t23-,26-,27-,29-/m1/s1. The normalized spacial score (nSPS) is 19.2. The van der Waals surface area contributed by atoms with Gasteiger partial charge in [0.1, 0.15) is 18.5 Å². The zero-order valence-corrected chi connectivity index (χ0v) is 25.4. The first-order valence-corrected chi connectivity index (χ1v) is 14.6. The van der Waals surface area contributed by atoms with Crippen LogP contribution in [0.3, 0.4) is 0 Å². The second-order valence-corrected chi connectivity index (χ2v) is 10.8. The lowest BCUT2D eigenvalue weighted by Gasteiger charge is -2.24. The van der Waals surface area contributed by atoms with Crippen LogP contribution in [0.4, 0.5) is 0 Å². The Hall–Kier alpha value is -5.60. The molecule has 0 radical (unpaired) electrons. The molecule has 1 aromatic carbocycles. The predicted molar refractivity (Wildman–Crippen MR) is 160 cm³/mol. The van der Waals surface area contributed by atoms with Crippen molar-refractivity contribution in [3.8, 4) is 5.75 Å². The minimum absolute atomic E-state index is 0.0551. The number of furan rings is 3. The van der Waals surface area contributed by atoms with Gasteiger partial charge in [-0.15, -0.1) is 0 Å². The molecule has 0 amide bonds. The summed E-state index contributed by atoms with van der Waals surface area (Å²) in [6.07, 6.45) is -1.22. The minimum atomic E-state index is -1.37. The van der Waals surface area contributed by atoms with E-state index in [1.54, 1.807) is 32.2 Å². The summed E-state index contributed by atoms with van der Waals surface area (Å²) in [7, 11) is 1.54. The van der Waals surface area contributed by atoms with Crippen LogP contribution in [0.5, 0.6) is 5.75 Å². The van der Waals surface area contributed by atoms with E-state index in [9.17, 15) is 14.4 Å². The first-order chi connectivity index (χ1) is 22.8. The monoisotopic (exact) mass is 661 g/mol. The number of rotatable bonds is 9. The fourth-order valence-electron chi connectivity index (χ4n) is 5.32. The van der Waals surface area contributed by atoms with Crippen LogP contribution in [-0.4, -0.2) is 64.7 Å². The smallest absolute Gasteiger partial charge is 0.374 e. The van der Waals surface area contributed by atoms with Crippen molar-refractivity contribution in [3.63, 3.8) is 0 Å². The van der Waals surface area contributed by atoms with E-state index in [0.29, 0.717) is 38.4 Å². The molecule has 15 heteroatoms. The molecule has 1 saturated heterocycles. The minimum Gasteiger partial charge on any atom is -0.497 e. The molecular weight excluding hydrogens is 638 g/mol. The summed E-state index contributed by atoms with van der Waals surface area (Å²) in [5.74, 6) is -2.26. The van der Waals surface area contributed by atoms with E-state index in [-0.39, 0.29) is 17.3 Å². The summed E-state index contributed by atoms with van der Waals surface area (Å²) in [6.45, 7) is 1.30. The highest BCUT2D eigenvalue weighted by Gasteiger charge is 2.52. The second kappa shape index (κ2) is 12.3. The number of methoxy groups -OCH3 is 1. The third-order valence-electron chi connectivity index (χ3n) is 7.50. The van der Waals surface area contributed by atoms with Gasteiger partial charge in [-0.3, -0.25) is 0 Å². The number of carbonyl (C=O) groups excluding carboxylic acids is 3. The fraction of sp³-hybridized carbons (Fsp3) is 0.219. The molecule has 7 rings (SSSR count). The maximum atomic E-state index is 13.3. The number of hydrogen-bond acceptors (Lipinski definition) is 13. The highest BCUT2D eigenvalue weighted by Crippen LogP contribution is 2.40. The van der Waals surface area contributed by atoms with Crippen molar-refractivity contribution in [2.24, 2.45) is 0 Å². The van der Waals surface area contributed by atoms with Crippen LogP contribution in [0.25, 0.3) is 21.9 Å². The lowest BCUT2D eigenvalue weighted by atomic mass is 10.1. The summed E-state index contributed by atoms with van der Waals surface area (Å²) < 4.78 is 45.9. The van der Waals surface area contributed by atoms with Gasteiger partial charge < -0.3 is 36.9 Å². The SMILES string of the molecule is COc1ccc2nc3c(c(C)nn3[C@@H]3O[C@H](COC(=O)c4ccco4)[C@@H](OC(=O)c4ccco4)[C@H]3OC(=O)c3ccco3)c(Cl)c2c1. The van der Waals surface area contributed by atoms with E-state index < -0.39 is 49.1 Å². The van der Waals surface area contributed by atoms with Gasteiger partial charge in [0.05, 0.1) is 47.5 Å². The van der Waals surface area contributed by atoms with E-state index in [2.05, 4.69) is 5.10 Å². The third kappa shape index (κ3) is 5.57. The van der Waals surface area contributed by atoms with Crippen LogP contribution in [0.1, 0.15) is 43.6 Å². The molecule has 1 fully saturated rings. The molecule has 0 unspecified atom stereocenters. The topological polar surface area (TPSA) is 167 Å². The van der Waals surface area contributed by atoms with Gasteiger partial charge in [-0.25, -0.2) is 24.0 Å². The highest BCUT2D eigenvalue weighted by molar-refractivity contribution is 6.40. The molecule has 6 heterocycles. The van der Waals surface area contributed by atoms with E-state index in [0.717, 1.165) is 0 Å². The fourth-order valence-corrected chi connectivity index (χ4v) is 5.70. The average molecular weight is 662 g/mol. The van der Waals surface area contributed by atoms with Gasteiger partial charge in [0.25, 0.3) is 0 Å². The van der Waals surface area contributed by atoms with Crippen LogP contribution in [-0.2, 0) is 18.9 Å². The van der Waals surface area contributed by atoms with Gasteiger partial charge >= 0.3 is 17.9 Å². The molecule has 14 nitrogen and oxygen atoms in total. The number of hydrogen-bond donors (Lipinski definition) is 0. The maximum Gasteiger partial charge on any atom is 0.374 e. The molecule has 0 saturated carbocycles. The number of pyridine rings is 1. The largest absolute Gasteiger partial charge is 0.497 e. The van der Waals surface area contributed by atoms with Gasteiger partial charge in [-0.2, -0.15) is 5.10 Å². The second-order valence-electron chi connectivity index (χ2n) is 10.4. The lowest BCUT2D eigenvalue weighted by Crippen LogP contribution is -2.41. The van der Waals surface area contributed by atoms with Crippen LogP contribution < -0.4 is 4.74 Å².